The fourth-order valence-corrected chi connectivity index (χ4v) is 3.58. The van der Waals surface area contributed by atoms with E-state index in [1.165, 1.54) is 0 Å². The molecule has 8 heteroatoms. The van der Waals surface area contributed by atoms with Crippen LogP contribution in [0.4, 0.5) is 10.5 Å². The van der Waals surface area contributed by atoms with Crippen molar-refractivity contribution in [3.05, 3.63) is 68.7 Å². The minimum absolute atomic E-state index is 0.144. The van der Waals surface area contributed by atoms with Gasteiger partial charge in [0.25, 0.3) is 5.56 Å². The van der Waals surface area contributed by atoms with Gasteiger partial charge in [-0.3, -0.25) is 9.36 Å². The Morgan fingerprint density at radius 2 is 1.79 bits per heavy atom. The number of nitrogens with one attached hydrogen (secondary N) is 1. The Morgan fingerprint density at radius 3 is 2.41 bits per heavy atom. The molecule has 0 radical (unpaired) electrons. The monoisotopic (exact) mass is 432 g/mol. The number of fused-ring (bicyclic) bond motifs is 1. The lowest BCUT2D eigenvalue weighted by Crippen LogP contribution is -2.38. The normalized spacial score (nSPS) is 12.0. The van der Waals surface area contributed by atoms with E-state index < -0.39 is 6.04 Å². The average molecular weight is 433 g/mol. The number of nitrogens with zero attached hydrogens (tertiary/aromatic N) is 3. The molecule has 29 heavy (non-hydrogen) atoms. The van der Waals surface area contributed by atoms with Gasteiger partial charge in [0.05, 0.1) is 16.9 Å². The molecule has 1 aromatic heterocycles. The van der Waals surface area contributed by atoms with E-state index in [9.17, 15) is 9.59 Å². The van der Waals surface area contributed by atoms with E-state index in [1.807, 2.05) is 13.8 Å². The highest BCUT2D eigenvalue weighted by atomic mass is 35.5. The number of carbonyl (C=O) groups is 1. The number of rotatable bonds is 5. The van der Waals surface area contributed by atoms with Gasteiger partial charge in [-0.15, -0.1) is 0 Å². The van der Waals surface area contributed by atoms with Gasteiger partial charge in [-0.05, 0) is 55.8 Å². The molecular weight excluding hydrogens is 411 g/mol. The second kappa shape index (κ2) is 8.84. The van der Waals surface area contributed by atoms with Gasteiger partial charge in [0.1, 0.15) is 5.82 Å². The standard InChI is InChI=1S/C21H22Cl2N4O2/c1-4-18(26(3)21(29)24-15-9-6-13(22)7-10-15)19-25-17-12-14(23)8-11-16(17)20(28)27(19)5-2/h6-12,18H,4-5H2,1-3H3,(H,24,29). The van der Waals surface area contributed by atoms with E-state index in [4.69, 9.17) is 28.2 Å². The molecule has 1 N–H and O–H groups in total. The van der Waals surface area contributed by atoms with E-state index in [0.717, 1.165) is 0 Å². The van der Waals surface area contributed by atoms with Crippen LogP contribution in [0.5, 0.6) is 0 Å². The molecule has 0 saturated carbocycles. The summed E-state index contributed by atoms with van der Waals surface area (Å²) in [5.41, 5.74) is 1.01. The van der Waals surface area contributed by atoms with Crippen LogP contribution in [0.2, 0.25) is 10.0 Å². The van der Waals surface area contributed by atoms with Gasteiger partial charge in [0, 0.05) is 29.3 Å². The van der Waals surface area contributed by atoms with Crippen molar-refractivity contribution >= 4 is 45.8 Å². The number of benzene rings is 2. The van der Waals surface area contributed by atoms with E-state index >= 15 is 0 Å². The first-order chi connectivity index (χ1) is 13.8. The summed E-state index contributed by atoms with van der Waals surface area (Å²) < 4.78 is 1.61. The lowest BCUT2D eigenvalue weighted by Gasteiger charge is -2.29. The molecule has 0 aliphatic heterocycles. The summed E-state index contributed by atoms with van der Waals surface area (Å²) in [6.45, 7) is 4.28. The molecular formula is C21H22Cl2N4O2. The zero-order valence-electron chi connectivity index (χ0n) is 16.4. The molecule has 3 aromatic rings. The predicted octanol–water partition coefficient (Wildman–Crippen LogP) is 5.34. The number of hydrogen-bond acceptors (Lipinski definition) is 3. The fraction of sp³-hybridized carbons (Fsp3) is 0.286. The lowest BCUT2D eigenvalue weighted by molar-refractivity contribution is 0.198. The molecule has 3 rings (SSSR count). The first-order valence-electron chi connectivity index (χ1n) is 9.35. The topological polar surface area (TPSA) is 67.2 Å². The minimum Gasteiger partial charge on any atom is -0.317 e. The summed E-state index contributed by atoms with van der Waals surface area (Å²) in [5, 5.41) is 4.44. The SMILES string of the molecule is CCC(c1nc2cc(Cl)ccc2c(=O)n1CC)N(C)C(=O)Nc1ccc(Cl)cc1. The zero-order valence-corrected chi connectivity index (χ0v) is 18.0. The van der Waals surface area contributed by atoms with Gasteiger partial charge in [-0.25, -0.2) is 9.78 Å². The number of hydrogen-bond donors (Lipinski definition) is 1. The van der Waals surface area contributed by atoms with Crippen LogP contribution in [0.25, 0.3) is 10.9 Å². The number of amides is 2. The second-order valence-corrected chi connectivity index (χ2v) is 7.53. The van der Waals surface area contributed by atoms with Crippen LogP contribution in [0, 0.1) is 0 Å². The van der Waals surface area contributed by atoms with Gasteiger partial charge in [0.2, 0.25) is 0 Å². The summed E-state index contributed by atoms with van der Waals surface area (Å²) in [5.74, 6) is 0.531. The molecule has 0 saturated heterocycles. The van der Waals surface area contributed by atoms with Gasteiger partial charge in [-0.1, -0.05) is 30.1 Å². The van der Waals surface area contributed by atoms with E-state index in [-0.39, 0.29) is 11.6 Å². The Bertz CT molecular complexity index is 1100. The summed E-state index contributed by atoms with van der Waals surface area (Å²) in [6.07, 6.45) is 0.586. The van der Waals surface area contributed by atoms with Crippen LogP contribution < -0.4 is 10.9 Å². The maximum atomic E-state index is 13.0. The number of carbonyl (C=O) groups excluding carboxylic acids is 1. The maximum Gasteiger partial charge on any atom is 0.322 e. The van der Waals surface area contributed by atoms with Crippen molar-refractivity contribution in [1.29, 1.82) is 0 Å². The van der Waals surface area contributed by atoms with Crippen LogP contribution >= 0.6 is 23.2 Å². The van der Waals surface area contributed by atoms with Crippen molar-refractivity contribution < 1.29 is 4.79 Å². The Labute approximate surface area is 179 Å². The third-order valence-electron chi connectivity index (χ3n) is 4.83. The van der Waals surface area contributed by atoms with Crippen molar-refractivity contribution in [3.63, 3.8) is 0 Å². The first kappa shape index (κ1) is 21.1. The van der Waals surface area contributed by atoms with E-state index in [2.05, 4.69) is 5.32 Å². The Morgan fingerprint density at radius 1 is 1.14 bits per heavy atom. The largest absolute Gasteiger partial charge is 0.322 e. The molecule has 0 aliphatic rings. The third kappa shape index (κ3) is 4.38. The minimum atomic E-state index is -0.390. The lowest BCUT2D eigenvalue weighted by atomic mass is 10.1. The van der Waals surface area contributed by atoms with Gasteiger partial charge in [0.15, 0.2) is 0 Å². The van der Waals surface area contributed by atoms with Crippen molar-refractivity contribution in [2.45, 2.75) is 32.9 Å². The molecule has 0 spiro atoms. The third-order valence-corrected chi connectivity index (χ3v) is 5.32. The summed E-state index contributed by atoms with van der Waals surface area (Å²) in [7, 11) is 1.69. The Hall–Kier alpha value is -2.57. The van der Waals surface area contributed by atoms with Crippen LogP contribution in [-0.2, 0) is 6.54 Å². The number of urea groups is 1. The molecule has 6 nitrogen and oxygen atoms in total. The molecule has 0 fully saturated rings. The maximum absolute atomic E-state index is 13.0. The summed E-state index contributed by atoms with van der Waals surface area (Å²) in [6, 6.07) is 11.2. The number of aromatic nitrogens is 2. The number of halogens is 2. The summed E-state index contributed by atoms with van der Waals surface area (Å²) in [4.78, 5) is 32.0. The highest BCUT2D eigenvalue weighted by Crippen LogP contribution is 2.24. The van der Waals surface area contributed by atoms with Gasteiger partial charge in [-0.2, -0.15) is 0 Å². The van der Waals surface area contributed by atoms with Crippen molar-refractivity contribution in [1.82, 2.24) is 14.5 Å². The average Bonchev–Trinajstić information content (AvgIpc) is 2.70. The van der Waals surface area contributed by atoms with Crippen LogP contribution in [0.1, 0.15) is 32.1 Å². The fourth-order valence-electron chi connectivity index (χ4n) is 3.29. The van der Waals surface area contributed by atoms with Crippen LogP contribution in [0.15, 0.2) is 47.3 Å². The molecule has 2 aromatic carbocycles. The predicted molar refractivity (Wildman–Crippen MR) is 118 cm³/mol. The highest BCUT2D eigenvalue weighted by molar-refractivity contribution is 6.31. The zero-order chi connectivity index (χ0) is 21.1. The number of anilines is 1. The van der Waals surface area contributed by atoms with Crippen molar-refractivity contribution in [2.75, 3.05) is 12.4 Å². The van der Waals surface area contributed by atoms with Gasteiger partial charge >= 0.3 is 6.03 Å². The molecule has 152 valence electrons. The second-order valence-electron chi connectivity index (χ2n) is 6.65. The molecule has 2 amide bonds. The Balaban J connectivity index is 1.99. The van der Waals surface area contributed by atoms with Crippen molar-refractivity contribution in [2.24, 2.45) is 0 Å². The van der Waals surface area contributed by atoms with Crippen LogP contribution in [-0.4, -0.2) is 27.5 Å². The van der Waals surface area contributed by atoms with E-state index in [0.29, 0.717) is 45.4 Å². The smallest absolute Gasteiger partial charge is 0.317 e. The highest BCUT2D eigenvalue weighted by Gasteiger charge is 2.25. The molecule has 1 heterocycles. The molecule has 1 unspecified atom stereocenters. The molecule has 0 bridgehead atoms. The van der Waals surface area contributed by atoms with Crippen LogP contribution in [0.3, 0.4) is 0 Å². The molecule has 1 atom stereocenters. The van der Waals surface area contributed by atoms with Gasteiger partial charge < -0.3 is 10.2 Å². The first-order valence-corrected chi connectivity index (χ1v) is 10.1. The Kier molecular flexibility index (Phi) is 6.45. The van der Waals surface area contributed by atoms with Crippen molar-refractivity contribution in [3.8, 4) is 0 Å². The summed E-state index contributed by atoms with van der Waals surface area (Å²) >= 11 is 12.0. The quantitative estimate of drug-likeness (QED) is 0.591. The molecule has 0 aliphatic carbocycles. The van der Waals surface area contributed by atoms with E-state index in [1.54, 1.807) is 59.0 Å².